The molecule has 0 aliphatic heterocycles. The van der Waals surface area contributed by atoms with Crippen LogP contribution in [-0.2, 0) is 0 Å². The highest BCUT2D eigenvalue weighted by molar-refractivity contribution is 9.10. The first-order valence-corrected chi connectivity index (χ1v) is 17.0. The van der Waals surface area contributed by atoms with Gasteiger partial charge in [0, 0.05) is 51.5 Å². The van der Waals surface area contributed by atoms with Crippen LogP contribution >= 0.6 is 15.9 Å². The van der Waals surface area contributed by atoms with Crippen LogP contribution in [0.2, 0.25) is 0 Å². The second-order valence-corrected chi connectivity index (χ2v) is 12.0. The smallest absolute Gasteiger partial charge is 0.128 e. The Balaban J connectivity index is 0.000000145. The predicted molar refractivity (Wildman–Crippen MR) is 208 cm³/mol. The van der Waals surface area contributed by atoms with Gasteiger partial charge in [0.15, 0.2) is 0 Å². The van der Waals surface area contributed by atoms with Gasteiger partial charge >= 0.3 is 0 Å². The van der Waals surface area contributed by atoms with Crippen LogP contribution in [0.3, 0.4) is 0 Å². The highest BCUT2D eigenvalue weighted by Gasteiger charge is 2.05. The zero-order valence-corrected chi connectivity index (χ0v) is 29.1. The van der Waals surface area contributed by atoms with Crippen LogP contribution in [0.25, 0.3) is 45.0 Å². The molecular formula is C44H33BrN4O2. The van der Waals surface area contributed by atoms with Gasteiger partial charge in [-0.3, -0.25) is 19.9 Å². The third-order valence-electron chi connectivity index (χ3n) is 7.42. The summed E-state index contributed by atoms with van der Waals surface area (Å²) in [5.74, 6) is 1.82. The van der Waals surface area contributed by atoms with E-state index in [2.05, 4.69) is 41.9 Å². The summed E-state index contributed by atoms with van der Waals surface area (Å²) in [6.45, 7) is 0. The van der Waals surface area contributed by atoms with Gasteiger partial charge in [-0.25, -0.2) is 0 Å². The number of hydrogen-bond acceptors (Lipinski definition) is 6. The molecule has 0 saturated carbocycles. The van der Waals surface area contributed by atoms with Crippen molar-refractivity contribution in [1.82, 2.24) is 19.9 Å². The Morgan fingerprint density at radius 2 is 0.745 bits per heavy atom. The van der Waals surface area contributed by atoms with E-state index in [0.29, 0.717) is 0 Å². The minimum Gasteiger partial charge on any atom is -0.508 e. The molecule has 0 radical (unpaired) electrons. The summed E-state index contributed by atoms with van der Waals surface area (Å²) < 4.78 is 7.13. The molecule has 6 nitrogen and oxygen atoms in total. The number of aromatic hydroxyl groups is 1. The third-order valence-corrected chi connectivity index (χ3v) is 7.91. The lowest BCUT2D eigenvalue weighted by molar-refractivity contribution is 0.475. The van der Waals surface area contributed by atoms with Gasteiger partial charge in [-0.2, -0.15) is 0 Å². The Kier molecular flexibility index (Phi) is 12.0. The van der Waals surface area contributed by atoms with Gasteiger partial charge in [-0.15, -0.1) is 0 Å². The molecule has 0 aliphatic rings. The highest BCUT2D eigenvalue weighted by Crippen LogP contribution is 2.29. The van der Waals surface area contributed by atoms with Crippen LogP contribution in [0.1, 0.15) is 0 Å². The van der Waals surface area contributed by atoms with E-state index >= 15 is 0 Å². The summed E-state index contributed by atoms with van der Waals surface area (Å²) in [6.07, 6.45) is 7.12. The number of benzene rings is 4. The lowest BCUT2D eigenvalue weighted by atomic mass is 10.1. The largest absolute Gasteiger partial charge is 0.508 e. The molecule has 0 atom stereocenters. The lowest BCUT2D eigenvalue weighted by Gasteiger charge is -2.09. The Labute approximate surface area is 305 Å². The molecule has 0 fully saturated rings. The van der Waals surface area contributed by atoms with Gasteiger partial charge in [0.1, 0.15) is 17.2 Å². The summed E-state index contributed by atoms with van der Waals surface area (Å²) in [6, 6.07) is 54.4. The number of rotatable bonds is 6. The molecule has 0 unspecified atom stereocenters. The second-order valence-electron chi connectivity index (χ2n) is 11.1. The summed E-state index contributed by atoms with van der Waals surface area (Å²) in [5.41, 5.74) is 7.85. The van der Waals surface area contributed by atoms with E-state index in [1.165, 1.54) is 0 Å². The van der Waals surface area contributed by atoms with Gasteiger partial charge in [0.05, 0.1) is 22.8 Å². The molecule has 248 valence electrons. The number of pyridine rings is 4. The SMILES string of the molecule is Brc1cccc(-c2ccccn2)c1.Oc1cccc(-c2ccccn2)c1.c1ccc(-c2cccc(Oc3cccc(-c4ccccn4)c3)c2)nc1. The monoisotopic (exact) mass is 728 g/mol. The van der Waals surface area contributed by atoms with Crippen LogP contribution in [0, 0.1) is 0 Å². The molecule has 0 bridgehead atoms. The van der Waals surface area contributed by atoms with E-state index in [9.17, 15) is 5.11 Å². The number of aromatic nitrogens is 4. The first-order chi connectivity index (χ1) is 25.1. The van der Waals surface area contributed by atoms with Crippen LogP contribution in [0.5, 0.6) is 17.2 Å². The van der Waals surface area contributed by atoms with E-state index < -0.39 is 0 Å². The summed E-state index contributed by atoms with van der Waals surface area (Å²) in [7, 11) is 0. The molecule has 4 aromatic heterocycles. The van der Waals surface area contributed by atoms with E-state index in [1.54, 1.807) is 43.0 Å². The molecule has 0 saturated heterocycles. The lowest BCUT2D eigenvalue weighted by Crippen LogP contribution is -1.88. The van der Waals surface area contributed by atoms with Crippen molar-refractivity contribution in [3.05, 3.63) is 199 Å². The van der Waals surface area contributed by atoms with Crippen LogP contribution in [0.15, 0.2) is 199 Å². The molecule has 8 rings (SSSR count). The first kappa shape index (κ1) is 34.4. The topological polar surface area (TPSA) is 81.0 Å². The standard InChI is InChI=1S/C22H16N2O.C11H8BrN.C11H9NO/c1-3-13-23-21(11-1)17-7-5-9-19(15-17)25-20-10-6-8-18(16-20)22-12-2-4-14-24-22;12-10-5-3-4-9(8-10)11-6-1-2-7-13-11;13-10-5-3-4-9(8-10)11-6-1-2-7-12-11/h1-16H;1-8H;1-8,13H. The first-order valence-electron chi connectivity index (χ1n) is 16.2. The fraction of sp³-hybridized carbons (Fsp3) is 0. The van der Waals surface area contributed by atoms with Crippen molar-refractivity contribution in [2.45, 2.75) is 0 Å². The number of ether oxygens (including phenoxy) is 1. The van der Waals surface area contributed by atoms with Crippen LogP contribution < -0.4 is 4.74 Å². The van der Waals surface area contributed by atoms with Crippen molar-refractivity contribution in [2.24, 2.45) is 0 Å². The Hall–Kier alpha value is -6.44. The van der Waals surface area contributed by atoms with Crippen molar-refractivity contribution >= 4 is 15.9 Å². The Morgan fingerprint density at radius 3 is 1.12 bits per heavy atom. The maximum atomic E-state index is 9.25. The van der Waals surface area contributed by atoms with Crippen LogP contribution in [0.4, 0.5) is 0 Å². The van der Waals surface area contributed by atoms with Gasteiger partial charge in [-0.1, -0.05) is 88.7 Å². The van der Waals surface area contributed by atoms with E-state index in [-0.39, 0.29) is 5.75 Å². The van der Waals surface area contributed by atoms with Crippen molar-refractivity contribution in [3.8, 4) is 62.3 Å². The van der Waals surface area contributed by atoms with Crippen molar-refractivity contribution in [1.29, 1.82) is 0 Å². The Bertz CT molecular complexity index is 2090. The Morgan fingerprint density at radius 1 is 0.373 bits per heavy atom. The molecular weight excluding hydrogens is 696 g/mol. The summed E-state index contributed by atoms with van der Waals surface area (Å²) in [4.78, 5) is 17.2. The van der Waals surface area contributed by atoms with E-state index in [1.807, 2.05) is 146 Å². The van der Waals surface area contributed by atoms with Gasteiger partial charge in [0.25, 0.3) is 0 Å². The van der Waals surface area contributed by atoms with Crippen LogP contribution in [-0.4, -0.2) is 25.0 Å². The number of hydrogen-bond donors (Lipinski definition) is 1. The summed E-state index contributed by atoms with van der Waals surface area (Å²) in [5, 5.41) is 9.25. The molecule has 51 heavy (non-hydrogen) atoms. The highest BCUT2D eigenvalue weighted by atomic mass is 79.9. The molecule has 4 aromatic carbocycles. The predicted octanol–water partition coefficient (Wildman–Crippen LogP) is 11.6. The van der Waals surface area contributed by atoms with Crippen molar-refractivity contribution < 1.29 is 9.84 Å². The zero-order valence-electron chi connectivity index (χ0n) is 27.5. The number of phenols is 1. The van der Waals surface area contributed by atoms with Gasteiger partial charge < -0.3 is 9.84 Å². The maximum Gasteiger partial charge on any atom is 0.128 e. The van der Waals surface area contributed by atoms with Crippen molar-refractivity contribution in [3.63, 3.8) is 0 Å². The molecule has 4 heterocycles. The normalized spacial score (nSPS) is 10.1. The molecule has 7 heteroatoms. The van der Waals surface area contributed by atoms with Crippen molar-refractivity contribution in [2.75, 3.05) is 0 Å². The fourth-order valence-corrected chi connectivity index (χ4v) is 5.42. The number of halogens is 1. The molecule has 0 aliphatic carbocycles. The molecule has 0 amide bonds. The van der Waals surface area contributed by atoms with Gasteiger partial charge in [-0.05, 0) is 97.1 Å². The minimum absolute atomic E-state index is 0.267. The average molecular weight is 730 g/mol. The zero-order chi connectivity index (χ0) is 35.1. The quantitative estimate of drug-likeness (QED) is 0.184. The molecule has 8 aromatic rings. The minimum atomic E-state index is 0.267. The molecule has 0 spiro atoms. The summed E-state index contributed by atoms with van der Waals surface area (Å²) >= 11 is 3.43. The number of phenolic OH excluding ortho intramolecular Hbond substituents is 1. The maximum absolute atomic E-state index is 9.25. The van der Waals surface area contributed by atoms with E-state index in [0.717, 1.165) is 61.0 Å². The third kappa shape index (κ3) is 10.3. The molecule has 1 N–H and O–H groups in total. The number of nitrogens with zero attached hydrogens (tertiary/aromatic N) is 4. The second kappa shape index (κ2) is 17.8. The van der Waals surface area contributed by atoms with E-state index in [4.69, 9.17) is 4.74 Å². The van der Waals surface area contributed by atoms with Gasteiger partial charge in [0.2, 0.25) is 0 Å². The average Bonchev–Trinajstić information content (AvgIpc) is 3.20. The fourth-order valence-electron chi connectivity index (χ4n) is 5.02.